The third kappa shape index (κ3) is 12.4. The summed E-state index contributed by atoms with van der Waals surface area (Å²) in [5, 5.41) is 24.0. The first-order chi connectivity index (χ1) is 29.8. The van der Waals surface area contributed by atoms with Crippen molar-refractivity contribution in [1.82, 2.24) is 30.7 Å². The number of halogens is 6. The van der Waals surface area contributed by atoms with E-state index in [-0.39, 0.29) is 42.5 Å². The molecule has 6 N–H and O–H groups in total. The number of anilines is 2. The molecule has 3 aromatic rings. The van der Waals surface area contributed by atoms with Crippen molar-refractivity contribution in [2.24, 2.45) is 11.8 Å². The van der Waals surface area contributed by atoms with Crippen LogP contribution in [0.5, 0.6) is 0 Å². The van der Waals surface area contributed by atoms with Gasteiger partial charge in [-0.05, 0) is 111 Å². The number of likely N-dealkylation sites (tertiary alicyclic amines) is 1. The monoisotopic (exact) mass is 888 g/mol. The van der Waals surface area contributed by atoms with E-state index < -0.39 is 23.5 Å². The predicted molar refractivity (Wildman–Crippen MR) is 224 cm³/mol. The van der Waals surface area contributed by atoms with Gasteiger partial charge in [-0.3, -0.25) is 14.5 Å². The maximum atomic E-state index is 13.1. The lowest BCUT2D eigenvalue weighted by molar-refractivity contribution is -0.376. The molecule has 2 unspecified atom stereocenters. The van der Waals surface area contributed by atoms with E-state index in [2.05, 4.69) is 26.6 Å². The summed E-state index contributed by atoms with van der Waals surface area (Å²) in [6.45, 7) is 4.46. The Balaban J connectivity index is 0.000000242. The molecule has 2 saturated carbocycles. The first-order valence-corrected chi connectivity index (χ1v) is 21.0. The predicted octanol–water partition coefficient (Wildman–Crippen LogP) is 6.53. The van der Waals surface area contributed by atoms with Crippen molar-refractivity contribution in [2.75, 3.05) is 64.0 Å². The normalized spacial score (nSPS) is 19.1. The molecule has 13 nitrogen and oxygen atoms in total. The van der Waals surface area contributed by atoms with E-state index in [0.717, 1.165) is 51.0 Å². The fourth-order valence-corrected chi connectivity index (χ4v) is 7.44. The summed E-state index contributed by atoms with van der Waals surface area (Å²) in [6, 6.07) is 16.7. The van der Waals surface area contributed by atoms with Gasteiger partial charge in [0.15, 0.2) is 0 Å². The van der Waals surface area contributed by atoms with Crippen molar-refractivity contribution in [1.29, 1.82) is 0 Å². The summed E-state index contributed by atoms with van der Waals surface area (Å²) in [7, 11) is 3.51. The third-order valence-electron chi connectivity index (χ3n) is 11.9. The molecule has 0 radical (unpaired) electrons. The van der Waals surface area contributed by atoms with E-state index in [1.54, 1.807) is 65.4 Å². The molecule has 6 amide bonds. The molecule has 19 heteroatoms. The van der Waals surface area contributed by atoms with E-state index in [1.165, 1.54) is 12.8 Å². The van der Waals surface area contributed by atoms with E-state index in [0.29, 0.717) is 78.1 Å². The molecule has 0 aromatic heterocycles. The molecule has 342 valence electrons. The van der Waals surface area contributed by atoms with Crippen LogP contribution in [0.2, 0.25) is 0 Å². The van der Waals surface area contributed by atoms with E-state index in [1.807, 2.05) is 11.9 Å². The summed E-state index contributed by atoms with van der Waals surface area (Å²) in [4.78, 5) is 54.5. The minimum atomic E-state index is -5.94. The number of urea groups is 2. The molecule has 0 bridgehead atoms. The molecule has 3 aromatic carbocycles. The maximum Gasteiger partial charge on any atom is 0.430 e. The summed E-state index contributed by atoms with van der Waals surface area (Å²) >= 11 is 0. The van der Waals surface area contributed by atoms with Crippen molar-refractivity contribution in [3.63, 3.8) is 0 Å². The van der Waals surface area contributed by atoms with Crippen LogP contribution in [-0.2, 0) is 12.1 Å². The van der Waals surface area contributed by atoms with Crippen molar-refractivity contribution in [3.05, 3.63) is 95.1 Å². The van der Waals surface area contributed by atoms with Crippen LogP contribution in [0.1, 0.15) is 70.4 Å². The highest BCUT2D eigenvalue weighted by molar-refractivity contribution is 5.96. The number of amides is 6. The van der Waals surface area contributed by atoms with Gasteiger partial charge in [0.25, 0.3) is 17.4 Å². The number of hydrogen-bond acceptors (Lipinski definition) is 7. The molecule has 4 aliphatic rings. The van der Waals surface area contributed by atoms with Crippen molar-refractivity contribution < 1.29 is 50.6 Å². The average molecular weight is 889 g/mol. The van der Waals surface area contributed by atoms with Crippen LogP contribution in [0.4, 0.5) is 47.3 Å². The smallest absolute Gasteiger partial charge is 0.369 e. The van der Waals surface area contributed by atoms with Gasteiger partial charge in [0.1, 0.15) is 0 Å². The second-order valence-electron chi connectivity index (χ2n) is 16.8. The minimum Gasteiger partial charge on any atom is -0.369 e. The van der Waals surface area contributed by atoms with Crippen molar-refractivity contribution in [2.45, 2.75) is 75.1 Å². The number of aliphatic hydroxyl groups is 1. The highest BCUT2D eigenvalue weighted by atomic mass is 19.4. The van der Waals surface area contributed by atoms with Gasteiger partial charge in [-0.15, -0.1) is 0 Å². The fraction of sp³-hybridized carbons (Fsp3) is 0.500. The summed E-state index contributed by atoms with van der Waals surface area (Å²) in [5.74, 6) is 1.00. The second-order valence-corrected chi connectivity index (χ2v) is 16.8. The average Bonchev–Trinajstić information content (AvgIpc) is 4.16. The first kappa shape index (κ1) is 47.1. The largest absolute Gasteiger partial charge is 0.430 e. The number of benzene rings is 3. The number of nitrogens with zero attached hydrogens (tertiary/aromatic N) is 3. The van der Waals surface area contributed by atoms with Gasteiger partial charge in [-0.1, -0.05) is 24.3 Å². The molecule has 7 rings (SSSR count). The van der Waals surface area contributed by atoms with E-state index in [4.69, 9.17) is 0 Å². The number of likely N-dealkylation sites (N-methyl/N-ethyl adjacent to an activating group) is 2. The summed E-state index contributed by atoms with van der Waals surface area (Å²) in [6.07, 6.45) is -5.59. The molecule has 2 heterocycles. The zero-order valence-corrected chi connectivity index (χ0v) is 35.1. The Hall–Kier alpha value is -5.40. The fourth-order valence-electron chi connectivity index (χ4n) is 7.44. The zero-order valence-electron chi connectivity index (χ0n) is 35.1. The van der Waals surface area contributed by atoms with Crippen molar-refractivity contribution in [3.8, 4) is 0 Å². The van der Waals surface area contributed by atoms with Crippen LogP contribution in [0.3, 0.4) is 0 Å². The zero-order chi connectivity index (χ0) is 45.5. The molecule has 2 atom stereocenters. The Labute approximate surface area is 361 Å². The number of rotatable bonds is 13. The standard InChI is InChI=1S/C27H30F6N4O3.C17H24N4O2/c1-36(23(38)19-6-10-21(11-7-19)35-24(39)34-14-17-2-3-17)22-12-13-37(16-22)15-18-4-8-20(9-5-18)25(40,26(28,29)30)27(31,32)33;1-21(15-8-9-18-11-15)16(22)13-4-6-14(7-5-13)20-17(23)19-10-12-2-3-12/h4-11,17,22,40H,2-3,12-16H2,1H3,(H2,34,35,39);4-7,12,15,18H,2-3,8-11H2,1H3,(H2,19,20,23). The quantitative estimate of drug-likeness (QED) is 0.107. The molecule has 2 saturated heterocycles. The van der Waals surface area contributed by atoms with E-state index >= 15 is 0 Å². The molecule has 63 heavy (non-hydrogen) atoms. The molecule has 0 spiro atoms. The van der Waals surface area contributed by atoms with Gasteiger partial charge in [-0.25, -0.2) is 9.59 Å². The lowest BCUT2D eigenvalue weighted by Crippen LogP contribution is -2.53. The third-order valence-corrected chi connectivity index (χ3v) is 11.9. The topological polar surface area (TPSA) is 158 Å². The van der Waals surface area contributed by atoms with Crippen LogP contribution < -0.4 is 26.6 Å². The number of alkyl halides is 6. The van der Waals surface area contributed by atoms with Crippen LogP contribution >= 0.6 is 0 Å². The number of hydrogen-bond donors (Lipinski definition) is 6. The van der Waals surface area contributed by atoms with Crippen LogP contribution in [-0.4, -0.2) is 121 Å². The van der Waals surface area contributed by atoms with E-state index in [9.17, 15) is 50.6 Å². The van der Waals surface area contributed by atoms with Crippen LogP contribution in [0.15, 0.2) is 72.8 Å². The lowest BCUT2D eigenvalue weighted by atomic mass is 9.91. The van der Waals surface area contributed by atoms with Gasteiger partial charge < -0.3 is 41.5 Å². The Bertz CT molecular complexity index is 2020. The highest BCUT2D eigenvalue weighted by Crippen LogP contribution is 2.50. The summed E-state index contributed by atoms with van der Waals surface area (Å²) < 4.78 is 78.7. The van der Waals surface area contributed by atoms with Gasteiger partial charge in [-0.2, -0.15) is 26.3 Å². The SMILES string of the molecule is CN(C(=O)c1ccc(NC(=O)NCC2CC2)cc1)C1CCN(Cc2ccc(C(O)(C(F)(F)F)C(F)(F)F)cc2)C1.CN(C(=O)c1ccc(NC(=O)NCC2CC2)cc1)C1CCNC1. The maximum absolute atomic E-state index is 13.1. The van der Waals surface area contributed by atoms with Gasteiger partial charge in [0.05, 0.1) is 0 Å². The number of nitrogens with one attached hydrogen (secondary N) is 5. The Kier molecular flexibility index (Phi) is 14.9. The van der Waals surface area contributed by atoms with Gasteiger partial charge >= 0.3 is 24.4 Å². The first-order valence-electron chi connectivity index (χ1n) is 21.0. The summed E-state index contributed by atoms with van der Waals surface area (Å²) in [5.41, 5.74) is -3.48. The molecular weight excluding hydrogens is 835 g/mol. The highest BCUT2D eigenvalue weighted by Gasteiger charge is 2.71. The molecular formula is C44H54F6N8O5. The van der Waals surface area contributed by atoms with Crippen LogP contribution in [0.25, 0.3) is 0 Å². The van der Waals surface area contributed by atoms with Gasteiger partial charge in [0, 0.05) is 93.5 Å². The molecule has 2 aliphatic carbocycles. The lowest BCUT2D eigenvalue weighted by Gasteiger charge is -2.32. The number of carbonyl (C=O) groups is 4. The molecule has 2 aliphatic heterocycles. The van der Waals surface area contributed by atoms with Crippen LogP contribution in [0, 0.1) is 11.8 Å². The molecule has 4 fully saturated rings. The Morgan fingerprint density at radius 2 is 1.13 bits per heavy atom. The van der Waals surface area contributed by atoms with Crippen molar-refractivity contribution >= 4 is 35.3 Å². The minimum absolute atomic E-state index is 0.0171. The van der Waals surface area contributed by atoms with Gasteiger partial charge in [0.2, 0.25) is 0 Å². The number of carbonyl (C=O) groups excluding carboxylic acids is 4. The Morgan fingerprint density at radius 3 is 1.54 bits per heavy atom. The Morgan fingerprint density at radius 1 is 0.667 bits per heavy atom. The second kappa shape index (κ2) is 20.0.